The highest BCUT2D eigenvalue weighted by Gasteiger charge is 2.15. The zero-order valence-electron chi connectivity index (χ0n) is 21.2. The molecule has 1 amide bonds. The van der Waals surface area contributed by atoms with Crippen LogP contribution in [0.5, 0.6) is 23.0 Å². The Hall–Kier alpha value is -4.74. The Morgan fingerprint density at radius 1 is 0.850 bits per heavy atom. The van der Waals surface area contributed by atoms with Crippen molar-refractivity contribution >= 4 is 21.7 Å². The highest BCUT2D eigenvalue weighted by atomic mass is 32.2. The number of benzene rings is 4. The third kappa shape index (κ3) is 8.38. The van der Waals surface area contributed by atoms with E-state index < -0.39 is 20.8 Å². The lowest BCUT2D eigenvalue weighted by atomic mass is 10.0. The number of para-hydroxylation sites is 1. The molecule has 40 heavy (non-hydrogen) atoms. The minimum Gasteiger partial charge on any atom is -0.457 e. The number of nitrogens with zero attached hydrogens (tertiary/aromatic N) is 1. The number of carbonyl (C=O) groups is 1. The van der Waals surface area contributed by atoms with Gasteiger partial charge in [-0.05, 0) is 35.7 Å². The molecule has 2 N–H and O–H groups in total. The lowest BCUT2D eigenvalue weighted by molar-refractivity contribution is -0.385. The minimum atomic E-state index is -4.13. The van der Waals surface area contributed by atoms with Crippen molar-refractivity contribution in [3.05, 3.63) is 113 Å². The Kier molecular flexibility index (Phi) is 9.10. The standard InChI is InChI=1S/C29H26N2O8S/c32-29(30-16-17-40(35,36)37)15-12-21-10-13-24(14-11-21)38-25-18-23(31(33)34)19-26(20-25)39-28-9-5-4-8-27(28)22-6-2-1-3-7-22/h1-11,13-14,18-20H,12,15-17H2,(H,30,32)(H,35,36,37). The summed E-state index contributed by atoms with van der Waals surface area (Å²) in [6, 6.07) is 28.1. The Morgan fingerprint density at radius 3 is 2.17 bits per heavy atom. The van der Waals surface area contributed by atoms with E-state index in [2.05, 4.69) is 5.32 Å². The molecular formula is C29H26N2O8S. The Labute approximate surface area is 231 Å². The van der Waals surface area contributed by atoms with E-state index in [0.29, 0.717) is 17.9 Å². The smallest absolute Gasteiger partial charge is 0.276 e. The summed E-state index contributed by atoms with van der Waals surface area (Å²) in [6.45, 7) is -0.169. The number of amides is 1. The summed E-state index contributed by atoms with van der Waals surface area (Å²) in [6.07, 6.45) is 0.523. The van der Waals surface area contributed by atoms with Gasteiger partial charge < -0.3 is 14.8 Å². The summed E-state index contributed by atoms with van der Waals surface area (Å²) in [5.41, 5.74) is 2.41. The monoisotopic (exact) mass is 562 g/mol. The molecule has 0 spiro atoms. The fourth-order valence-corrected chi connectivity index (χ4v) is 4.20. The minimum absolute atomic E-state index is 0.127. The van der Waals surface area contributed by atoms with E-state index in [0.717, 1.165) is 16.7 Å². The zero-order chi connectivity index (χ0) is 28.5. The van der Waals surface area contributed by atoms with Crippen molar-refractivity contribution in [3.63, 3.8) is 0 Å². The number of nitrogens with one attached hydrogen (secondary N) is 1. The maximum atomic E-state index is 11.9. The van der Waals surface area contributed by atoms with E-state index in [4.69, 9.17) is 14.0 Å². The fraction of sp³-hybridized carbons (Fsp3) is 0.138. The molecule has 0 unspecified atom stereocenters. The normalized spacial score (nSPS) is 11.0. The van der Waals surface area contributed by atoms with Gasteiger partial charge in [0.2, 0.25) is 5.91 Å². The van der Waals surface area contributed by atoms with Crippen LogP contribution in [0.15, 0.2) is 97.1 Å². The predicted molar refractivity (Wildman–Crippen MR) is 149 cm³/mol. The molecule has 4 rings (SSSR count). The van der Waals surface area contributed by atoms with Crippen molar-refractivity contribution in [1.82, 2.24) is 5.32 Å². The lowest BCUT2D eigenvalue weighted by Crippen LogP contribution is -2.29. The number of nitro benzene ring substituents is 1. The zero-order valence-corrected chi connectivity index (χ0v) is 22.0. The van der Waals surface area contributed by atoms with Crippen molar-refractivity contribution in [2.45, 2.75) is 12.8 Å². The van der Waals surface area contributed by atoms with Crippen molar-refractivity contribution in [2.75, 3.05) is 12.3 Å². The number of hydrogen-bond acceptors (Lipinski definition) is 7. The maximum absolute atomic E-state index is 11.9. The molecule has 4 aromatic carbocycles. The number of ether oxygens (including phenoxy) is 2. The van der Waals surface area contributed by atoms with Crippen LogP contribution in [0, 0.1) is 10.1 Å². The second kappa shape index (κ2) is 12.9. The molecule has 0 aliphatic heterocycles. The molecule has 0 radical (unpaired) electrons. The Balaban J connectivity index is 1.44. The molecule has 0 saturated carbocycles. The van der Waals surface area contributed by atoms with Crippen LogP contribution in [0.4, 0.5) is 5.69 Å². The summed E-state index contributed by atoms with van der Waals surface area (Å²) in [4.78, 5) is 23.0. The van der Waals surface area contributed by atoms with Gasteiger partial charge >= 0.3 is 0 Å². The summed E-state index contributed by atoms with van der Waals surface area (Å²) < 4.78 is 42.1. The van der Waals surface area contributed by atoms with Gasteiger partial charge in [0, 0.05) is 24.6 Å². The van der Waals surface area contributed by atoms with E-state index in [1.54, 1.807) is 36.4 Å². The largest absolute Gasteiger partial charge is 0.457 e. The van der Waals surface area contributed by atoms with Crippen LogP contribution in [-0.4, -0.2) is 36.1 Å². The fourth-order valence-electron chi connectivity index (χ4n) is 3.84. The molecule has 10 nitrogen and oxygen atoms in total. The van der Waals surface area contributed by atoms with Crippen molar-refractivity contribution in [1.29, 1.82) is 0 Å². The van der Waals surface area contributed by atoms with E-state index in [1.165, 1.54) is 12.1 Å². The van der Waals surface area contributed by atoms with E-state index in [9.17, 15) is 23.3 Å². The molecule has 0 aromatic heterocycles. The van der Waals surface area contributed by atoms with E-state index >= 15 is 0 Å². The van der Waals surface area contributed by atoms with Crippen LogP contribution in [0.3, 0.4) is 0 Å². The van der Waals surface area contributed by atoms with Crippen LogP contribution in [0.1, 0.15) is 12.0 Å². The predicted octanol–water partition coefficient (Wildman–Crippen LogP) is 5.78. The number of nitro groups is 1. The van der Waals surface area contributed by atoms with Crippen LogP contribution in [0.25, 0.3) is 11.1 Å². The number of rotatable bonds is 12. The van der Waals surface area contributed by atoms with E-state index in [-0.39, 0.29) is 36.1 Å². The van der Waals surface area contributed by atoms with Gasteiger partial charge in [-0.1, -0.05) is 60.7 Å². The van der Waals surface area contributed by atoms with Crippen LogP contribution >= 0.6 is 0 Å². The summed E-state index contributed by atoms with van der Waals surface area (Å²) in [5, 5.41) is 14.0. The SMILES string of the molecule is O=C(CCc1ccc(Oc2cc(Oc3ccccc3-c3ccccc3)cc([N+](=O)[O-])c2)cc1)NCCS(=O)(=O)O. The van der Waals surface area contributed by atoms with Crippen LogP contribution in [-0.2, 0) is 21.3 Å². The second-order valence-electron chi connectivity index (χ2n) is 8.77. The number of aryl methyl sites for hydroxylation is 1. The summed E-state index contributed by atoms with van der Waals surface area (Å²) in [5.74, 6) is 0.525. The average Bonchev–Trinajstić information content (AvgIpc) is 2.92. The van der Waals surface area contributed by atoms with Crippen LogP contribution < -0.4 is 14.8 Å². The molecule has 0 saturated heterocycles. The third-order valence-electron chi connectivity index (χ3n) is 5.76. The first-order valence-electron chi connectivity index (χ1n) is 12.3. The van der Waals surface area contributed by atoms with E-state index in [1.807, 2.05) is 48.5 Å². The van der Waals surface area contributed by atoms with Gasteiger partial charge in [0.05, 0.1) is 22.8 Å². The molecule has 0 atom stereocenters. The van der Waals surface area contributed by atoms with Gasteiger partial charge in [0.25, 0.3) is 15.8 Å². The molecular weight excluding hydrogens is 536 g/mol. The van der Waals surface area contributed by atoms with Crippen molar-refractivity contribution < 1.29 is 32.2 Å². The van der Waals surface area contributed by atoms with Crippen molar-refractivity contribution in [2.24, 2.45) is 0 Å². The number of carbonyl (C=O) groups excluding carboxylic acids is 1. The van der Waals surface area contributed by atoms with Crippen molar-refractivity contribution in [3.8, 4) is 34.1 Å². The average molecular weight is 563 g/mol. The van der Waals surface area contributed by atoms with Crippen LogP contribution in [0.2, 0.25) is 0 Å². The third-order valence-corrected chi connectivity index (χ3v) is 6.48. The number of non-ortho nitro benzene ring substituents is 1. The van der Waals surface area contributed by atoms with Gasteiger partial charge in [-0.2, -0.15) is 8.42 Å². The Bertz CT molecular complexity index is 1590. The Morgan fingerprint density at radius 2 is 1.50 bits per heavy atom. The molecule has 0 fully saturated rings. The summed E-state index contributed by atoms with van der Waals surface area (Å²) in [7, 11) is -4.13. The van der Waals surface area contributed by atoms with Gasteiger partial charge in [-0.15, -0.1) is 0 Å². The lowest BCUT2D eigenvalue weighted by Gasteiger charge is -2.13. The molecule has 206 valence electrons. The molecule has 0 aliphatic rings. The number of hydrogen-bond donors (Lipinski definition) is 2. The summed E-state index contributed by atoms with van der Waals surface area (Å²) >= 11 is 0. The molecule has 11 heteroatoms. The van der Waals surface area contributed by atoms with Gasteiger partial charge in [-0.3, -0.25) is 19.5 Å². The first-order valence-corrected chi connectivity index (χ1v) is 13.9. The molecule has 4 aromatic rings. The molecule has 0 bridgehead atoms. The van der Waals surface area contributed by atoms with Gasteiger partial charge in [0.15, 0.2) is 0 Å². The first-order chi connectivity index (χ1) is 19.2. The highest BCUT2D eigenvalue weighted by Crippen LogP contribution is 2.37. The van der Waals surface area contributed by atoms with Gasteiger partial charge in [0.1, 0.15) is 23.0 Å². The topological polar surface area (TPSA) is 145 Å². The quantitative estimate of drug-likeness (QED) is 0.125. The first kappa shape index (κ1) is 28.3. The molecule has 0 heterocycles. The second-order valence-corrected chi connectivity index (χ2v) is 10.3. The molecule has 0 aliphatic carbocycles. The van der Waals surface area contributed by atoms with Gasteiger partial charge in [-0.25, -0.2) is 0 Å². The highest BCUT2D eigenvalue weighted by molar-refractivity contribution is 7.85. The maximum Gasteiger partial charge on any atom is 0.276 e.